The predicted molar refractivity (Wildman–Crippen MR) is 108 cm³/mol. The first-order valence-corrected chi connectivity index (χ1v) is 11.7. The van der Waals surface area contributed by atoms with Crippen molar-refractivity contribution in [1.82, 2.24) is 0 Å². The summed E-state index contributed by atoms with van der Waals surface area (Å²) in [6, 6.07) is 9.60. The summed E-state index contributed by atoms with van der Waals surface area (Å²) < 4.78 is 99.8. The number of nitrogen functional groups attached to an aromatic ring is 1. The summed E-state index contributed by atoms with van der Waals surface area (Å²) in [7, 11) is -6.48. The average Bonchev–Trinajstić information content (AvgIpc) is 2.74. The number of hydrazine groups is 1. The second kappa shape index (κ2) is 9.04. The number of para-hydroxylation sites is 1. The number of nitrogens with one attached hydrogen (secondary N) is 1. The largest absolute Gasteiger partial charge is 0.444 e. The van der Waals surface area contributed by atoms with Crippen LogP contribution in [-0.4, -0.2) is 42.3 Å². The highest BCUT2D eigenvalue weighted by molar-refractivity contribution is 7.86. The van der Waals surface area contributed by atoms with Crippen LogP contribution >= 0.6 is 0 Å². The molecule has 0 radical (unpaired) electrons. The van der Waals surface area contributed by atoms with Gasteiger partial charge in [0.05, 0.1) is 5.41 Å². The van der Waals surface area contributed by atoms with Gasteiger partial charge in [0.15, 0.2) is 0 Å². The van der Waals surface area contributed by atoms with E-state index in [2.05, 4.69) is 10.2 Å². The number of esters is 1. The van der Waals surface area contributed by atoms with Gasteiger partial charge in [-0.3, -0.25) is 20.0 Å². The number of hydrogen-bond donors (Lipinski definition) is 3. The average molecular weight is 514 g/mol. The minimum absolute atomic E-state index is 0.0833. The monoisotopic (exact) mass is 514 g/mol. The number of carbonyl (C=O) groups is 2. The van der Waals surface area contributed by atoms with Crippen molar-refractivity contribution in [2.75, 3.05) is 5.43 Å². The third kappa shape index (κ3) is 5.03. The van der Waals surface area contributed by atoms with E-state index in [1.54, 1.807) is 0 Å². The van der Waals surface area contributed by atoms with Crippen molar-refractivity contribution >= 4 is 27.6 Å². The smallest absolute Gasteiger partial charge is 0.432 e. The van der Waals surface area contributed by atoms with E-state index in [0.717, 1.165) is 5.69 Å². The Morgan fingerprint density at radius 1 is 1.09 bits per heavy atom. The molecule has 0 aliphatic heterocycles. The summed E-state index contributed by atoms with van der Waals surface area (Å²) in [5, 5.41) is -5.75. The normalized spacial score (nSPS) is 29.1. The zero-order valence-electron chi connectivity index (χ0n) is 17.6. The number of halogens is 5. The van der Waals surface area contributed by atoms with E-state index in [4.69, 9.17) is 10.4 Å². The van der Waals surface area contributed by atoms with Crippen molar-refractivity contribution in [2.45, 2.75) is 49.6 Å². The number of Topliss-reactive ketones (excluding diaryl/α,β-unsaturated/α-hetero) is 1. The van der Waals surface area contributed by atoms with E-state index in [-0.39, 0.29) is 31.0 Å². The first kappa shape index (κ1) is 26.3. The van der Waals surface area contributed by atoms with Gasteiger partial charge in [-0.15, -0.1) is 0 Å². The van der Waals surface area contributed by atoms with Crippen molar-refractivity contribution in [2.24, 2.45) is 29.0 Å². The van der Waals surface area contributed by atoms with Crippen molar-refractivity contribution < 1.29 is 49.2 Å². The number of alkyl halides is 5. The number of carbonyl (C=O) groups excluding carboxylic acids is 2. The molecule has 4 N–H and O–H groups in total. The third-order valence-electron chi connectivity index (χ3n) is 6.54. The molecule has 4 aliphatic rings. The molecule has 0 spiro atoms. The highest BCUT2D eigenvalue weighted by Crippen LogP contribution is 2.59. The number of ketones is 1. The number of anilines is 1. The van der Waals surface area contributed by atoms with Crippen LogP contribution in [0.15, 0.2) is 30.3 Å². The summed E-state index contributed by atoms with van der Waals surface area (Å²) in [5.41, 5.74) is 1.95. The molecule has 1 aromatic rings. The lowest BCUT2D eigenvalue weighted by Crippen LogP contribution is -2.58. The topological polar surface area (TPSA) is 136 Å². The van der Waals surface area contributed by atoms with Crippen LogP contribution in [0.3, 0.4) is 0 Å². The molecular weight excluding hydrogens is 491 g/mol. The van der Waals surface area contributed by atoms with Crippen molar-refractivity contribution in [1.29, 1.82) is 0 Å². The first-order valence-electron chi connectivity index (χ1n) is 10.3. The van der Waals surface area contributed by atoms with Gasteiger partial charge in [-0.05, 0) is 50.2 Å². The van der Waals surface area contributed by atoms with E-state index in [1.807, 2.05) is 30.3 Å². The van der Waals surface area contributed by atoms with Crippen LogP contribution in [0.2, 0.25) is 0 Å². The summed E-state index contributed by atoms with van der Waals surface area (Å²) in [4.78, 5) is 24.4. The number of rotatable bonds is 5. The van der Waals surface area contributed by atoms with Gasteiger partial charge in [0.2, 0.25) is 0 Å². The van der Waals surface area contributed by atoms with Gasteiger partial charge in [0.25, 0.3) is 6.10 Å². The highest BCUT2D eigenvalue weighted by Gasteiger charge is 2.68. The van der Waals surface area contributed by atoms with Crippen LogP contribution in [0.4, 0.5) is 27.6 Å². The SMILES string of the molecule is NNc1ccccc1.O=C1C2CC3CC1CC(C(=O)OC(C(F)(F)F)C(F)(F)S(=O)(=O)O)(C3)C2. The first-order chi connectivity index (χ1) is 15.6. The minimum Gasteiger partial charge on any atom is -0.444 e. The second-order valence-electron chi connectivity index (χ2n) is 8.90. The van der Waals surface area contributed by atoms with Gasteiger partial charge >= 0.3 is 27.5 Å². The van der Waals surface area contributed by atoms with E-state index < -0.39 is 50.9 Å². The summed E-state index contributed by atoms with van der Waals surface area (Å²) in [6.07, 6.45) is -9.36. The van der Waals surface area contributed by atoms with Crippen LogP contribution in [0, 0.1) is 23.2 Å². The molecular formula is C20H23F5N2O6S. The zero-order chi connectivity index (χ0) is 25.5. The fraction of sp³-hybridized carbons (Fsp3) is 0.600. The molecule has 4 fully saturated rings. The maximum atomic E-state index is 13.6. The molecule has 8 nitrogen and oxygen atoms in total. The molecule has 14 heteroatoms. The lowest BCUT2D eigenvalue weighted by Gasteiger charge is -2.54. The van der Waals surface area contributed by atoms with Gasteiger partial charge in [-0.2, -0.15) is 30.4 Å². The molecule has 4 aliphatic carbocycles. The van der Waals surface area contributed by atoms with E-state index in [0.29, 0.717) is 12.8 Å². The predicted octanol–water partition coefficient (Wildman–Crippen LogP) is 3.31. The zero-order valence-corrected chi connectivity index (χ0v) is 18.4. The molecule has 5 rings (SSSR count). The fourth-order valence-electron chi connectivity index (χ4n) is 5.22. The lowest BCUT2D eigenvalue weighted by atomic mass is 9.49. The van der Waals surface area contributed by atoms with Gasteiger partial charge in [0, 0.05) is 17.5 Å². The molecule has 3 atom stereocenters. The lowest BCUT2D eigenvalue weighted by molar-refractivity contribution is -0.265. The Morgan fingerprint density at radius 2 is 1.62 bits per heavy atom. The third-order valence-corrected chi connectivity index (χ3v) is 7.44. The Balaban J connectivity index is 0.000000343. The molecule has 34 heavy (non-hydrogen) atoms. The van der Waals surface area contributed by atoms with E-state index in [9.17, 15) is 40.0 Å². The Morgan fingerprint density at radius 3 is 2.03 bits per heavy atom. The van der Waals surface area contributed by atoms with E-state index >= 15 is 0 Å². The van der Waals surface area contributed by atoms with Gasteiger partial charge < -0.3 is 10.2 Å². The fourth-order valence-corrected chi connectivity index (χ4v) is 5.68. The van der Waals surface area contributed by atoms with Gasteiger partial charge in [-0.1, -0.05) is 18.2 Å². The maximum absolute atomic E-state index is 13.6. The molecule has 3 unspecified atom stereocenters. The molecule has 0 saturated heterocycles. The quantitative estimate of drug-likeness (QED) is 0.179. The molecule has 1 aromatic carbocycles. The molecule has 190 valence electrons. The van der Waals surface area contributed by atoms with Crippen LogP contribution in [0.5, 0.6) is 0 Å². The Bertz CT molecular complexity index is 1020. The number of nitrogens with two attached hydrogens (primary N) is 1. The molecule has 4 bridgehead atoms. The molecule has 0 aromatic heterocycles. The number of hydrogen-bond acceptors (Lipinski definition) is 7. The van der Waals surface area contributed by atoms with Crippen molar-refractivity contribution in [3.05, 3.63) is 30.3 Å². The summed E-state index contributed by atoms with van der Waals surface area (Å²) in [6.45, 7) is 0. The molecule has 0 amide bonds. The Labute approximate surface area is 191 Å². The van der Waals surface area contributed by atoms with Crippen LogP contribution in [0.25, 0.3) is 0 Å². The van der Waals surface area contributed by atoms with Gasteiger partial charge in [0.1, 0.15) is 5.78 Å². The highest BCUT2D eigenvalue weighted by atomic mass is 32.2. The number of ether oxygens (including phenoxy) is 1. The van der Waals surface area contributed by atoms with Crippen LogP contribution in [0.1, 0.15) is 32.1 Å². The molecule has 0 heterocycles. The Hall–Kier alpha value is -2.32. The van der Waals surface area contributed by atoms with Crippen LogP contribution in [-0.2, 0) is 24.4 Å². The van der Waals surface area contributed by atoms with Crippen molar-refractivity contribution in [3.63, 3.8) is 0 Å². The Kier molecular flexibility index (Phi) is 6.99. The summed E-state index contributed by atoms with van der Waals surface area (Å²) in [5.74, 6) is 2.27. The van der Waals surface area contributed by atoms with Gasteiger partial charge in [-0.25, -0.2) is 0 Å². The summed E-state index contributed by atoms with van der Waals surface area (Å²) >= 11 is 0. The van der Waals surface area contributed by atoms with Crippen LogP contribution < -0.4 is 11.3 Å². The van der Waals surface area contributed by atoms with E-state index in [1.165, 1.54) is 0 Å². The van der Waals surface area contributed by atoms with Crippen molar-refractivity contribution in [3.8, 4) is 0 Å². The minimum atomic E-state index is -6.48. The second-order valence-corrected chi connectivity index (χ2v) is 10.4. The number of benzene rings is 1. The standard InChI is InChI=1S/C14H15F5O6S.C6H8N2/c15-13(16,17)10(14(18,19)26(22,23)24)25-11(21)12-3-6-1-7(4-12)9(20)8(2-6)5-12;7-8-6-4-2-1-3-5-6/h6-8,10H,1-5H2,(H,22,23,24);1-5,8H,7H2. The molecule has 4 saturated carbocycles. The maximum Gasteiger partial charge on any atom is 0.432 e.